The van der Waals surface area contributed by atoms with Gasteiger partial charge in [0.1, 0.15) is 11.2 Å². The molecule has 1 heterocycles. The van der Waals surface area contributed by atoms with Crippen LogP contribution in [0, 0.1) is 12.8 Å². The predicted molar refractivity (Wildman–Crippen MR) is 191 cm³/mol. The number of aryl methyl sites for hydroxylation is 1. The maximum Gasteiger partial charge on any atom is 0.351 e. The number of hydrogen-bond donors (Lipinski definition) is 4. The molecular formula is C41H37N3O9. The predicted octanol–water partition coefficient (Wildman–Crippen LogP) is 4.97. The van der Waals surface area contributed by atoms with E-state index < -0.39 is 63.1 Å². The van der Waals surface area contributed by atoms with E-state index in [2.05, 4.69) is 10.5 Å². The summed E-state index contributed by atoms with van der Waals surface area (Å²) in [6.07, 6.45) is 5.20. The van der Waals surface area contributed by atoms with Crippen molar-refractivity contribution in [2.24, 2.45) is 5.92 Å². The van der Waals surface area contributed by atoms with E-state index in [0.29, 0.717) is 30.4 Å². The van der Waals surface area contributed by atoms with E-state index in [1.165, 1.54) is 48.5 Å². The van der Waals surface area contributed by atoms with Crippen molar-refractivity contribution in [3.63, 3.8) is 0 Å². The minimum atomic E-state index is -4.10. The summed E-state index contributed by atoms with van der Waals surface area (Å²) in [5.41, 5.74) is -7.31. The number of hydrogen-bond acceptors (Lipinski definition) is 8. The smallest absolute Gasteiger partial charge is 0.351 e. The fourth-order valence-electron chi connectivity index (χ4n) is 7.65. The molecule has 6 rings (SSSR count). The molecule has 0 bridgehead atoms. The van der Waals surface area contributed by atoms with Gasteiger partial charge in [-0.25, -0.2) is 24.9 Å². The number of amides is 1. The lowest BCUT2D eigenvalue weighted by Gasteiger charge is -2.41. The van der Waals surface area contributed by atoms with Gasteiger partial charge in [0.15, 0.2) is 0 Å². The zero-order chi connectivity index (χ0) is 37.8. The van der Waals surface area contributed by atoms with E-state index in [1.54, 1.807) is 66.9 Å². The number of aliphatic carboxylic acids is 2. The minimum Gasteiger partial charge on any atom is -0.479 e. The van der Waals surface area contributed by atoms with Crippen LogP contribution in [0.2, 0.25) is 0 Å². The second kappa shape index (κ2) is 14.8. The molecule has 0 radical (unpaired) electrons. The van der Waals surface area contributed by atoms with Crippen molar-refractivity contribution in [3.8, 4) is 0 Å². The summed E-state index contributed by atoms with van der Waals surface area (Å²) in [4.78, 5) is 80.3. The van der Waals surface area contributed by atoms with Gasteiger partial charge in [0, 0.05) is 29.6 Å². The normalized spacial score (nSPS) is 17.9. The lowest BCUT2D eigenvalue weighted by atomic mass is 9.64. The van der Waals surface area contributed by atoms with Gasteiger partial charge in [-0.05, 0) is 43.2 Å². The van der Waals surface area contributed by atoms with Gasteiger partial charge in [0.2, 0.25) is 11.6 Å². The molecule has 4 atom stereocenters. The van der Waals surface area contributed by atoms with Gasteiger partial charge < -0.3 is 19.9 Å². The number of carboxylic acid groups (broad SMARTS) is 2. The molecule has 12 nitrogen and oxygen atoms in total. The van der Waals surface area contributed by atoms with Crippen molar-refractivity contribution in [2.45, 2.75) is 48.8 Å². The topological polar surface area (TPSA) is 185 Å². The van der Waals surface area contributed by atoms with Crippen LogP contribution in [-0.4, -0.2) is 65.5 Å². The lowest BCUT2D eigenvalue weighted by molar-refractivity contribution is -0.209. The summed E-state index contributed by atoms with van der Waals surface area (Å²) in [5, 5.41) is 33.5. The molecular weight excluding hydrogens is 678 g/mol. The zero-order valence-electron chi connectivity index (χ0n) is 28.7. The Bertz CT molecular complexity index is 2080. The number of ketones is 2. The summed E-state index contributed by atoms with van der Waals surface area (Å²) >= 11 is 0. The molecule has 270 valence electrons. The molecule has 0 saturated heterocycles. The van der Waals surface area contributed by atoms with Crippen molar-refractivity contribution in [1.29, 1.82) is 0 Å². The Morgan fingerprint density at radius 2 is 1.21 bits per heavy atom. The van der Waals surface area contributed by atoms with E-state index in [1.807, 2.05) is 17.7 Å². The van der Waals surface area contributed by atoms with Gasteiger partial charge in [-0.3, -0.25) is 14.4 Å². The fraction of sp³-hybridized carbons (Fsp3) is 0.220. The Kier molecular flexibility index (Phi) is 10.2. The Balaban J connectivity index is 1.53. The van der Waals surface area contributed by atoms with Gasteiger partial charge >= 0.3 is 17.5 Å². The third-order valence-corrected chi connectivity index (χ3v) is 10.2. The summed E-state index contributed by atoms with van der Waals surface area (Å²) < 4.78 is 2.03. The third-order valence-electron chi connectivity index (χ3n) is 10.2. The molecule has 1 aliphatic rings. The van der Waals surface area contributed by atoms with E-state index in [0.717, 1.165) is 18.0 Å². The molecule has 1 amide bonds. The van der Waals surface area contributed by atoms with Crippen LogP contribution in [-0.2, 0) is 24.6 Å². The molecule has 5 aromatic rings. The molecule has 1 aliphatic carbocycles. The summed E-state index contributed by atoms with van der Waals surface area (Å²) in [5.74, 6) is -8.60. The van der Waals surface area contributed by atoms with Gasteiger partial charge in [0.25, 0.3) is 11.5 Å². The highest BCUT2D eigenvalue weighted by atomic mass is 16.7. The fourth-order valence-corrected chi connectivity index (χ4v) is 7.65. The number of Topliss-reactive ketones (excluding diaryl/α,β-unsaturated/α-hetero) is 2. The number of hydroxylamine groups is 1. The molecule has 1 aromatic heterocycles. The number of carbonyl (C=O) groups is 5. The van der Waals surface area contributed by atoms with E-state index in [4.69, 9.17) is 4.84 Å². The highest BCUT2D eigenvalue weighted by molar-refractivity contribution is 6.28. The van der Waals surface area contributed by atoms with Crippen LogP contribution < -0.4 is 5.48 Å². The highest BCUT2D eigenvalue weighted by Crippen LogP contribution is 2.50. The molecule has 0 spiro atoms. The van der Waals surface area contributed by atoms with Crippen LogP contribution in [0.1, 0.15) is 63.0 Å². The summed E-state index contributed by atoms with van der Waals surface area (Å²) in [7, 11) is 0. The Labute approximate surface area is 304 Å². The molecule has 1 saturated carbocycles. The van der Waals surface area contributed by atoms with E-state index in [-0.39, 0.29) is 6.04 Å². The number of benzene rings is 4. The van der Waals surface area contributed by atoms with Crippen molar-refractivity contribution in [3.05, 3.63) is 162 Å². The number of rotatable bonds is 14. The minimum absolute atomic E-state index is 0.0543. The average molecular weight is 716 g/mol. The number of aliphatic hydroxyl groups is 1. The van der Waals surface area contributed by atoms with Gasteiger partial charge in [-0.15, -0.1) is 0 Å². The zero-order valence-corrected chi connectivity index (χ0v) is 28.7. The van der Waals surface area contributed by atoms with Crippen LogP contribution in [0.25, 0.3) is 0 Å². The first-order chi connectivity index (χ1) is 25.5. The number of carboxylic acids is 2. The monoisotopic (exact) mass is 715 g/mol. The Morgan fingerprint density at radius 3 is 1.66 bits per heavy atom. The van der Waals surface area contributed by atoms with Crippen molar-refractivity contribution >= 4 is 29.4 Å². The third kappa shape index (κ3) is 6.11. The molecule has 0 unspecified atom stereocenters. The van der Waals surface area contributed by atoms with Crippen molar-refractivity contribution in [1.82, 2.24) is 15.0 Å². The molecule has 1 fully saturated rings. The van der Waals surface area contributed by atoms with Crippen LogP contribution in [0.4, 0.5) is 0 Å². The number of imidazole rings is 1. The molecule has 0 aliphatic heterocycles. The summed E-state index contributed by atoms with van der Waals surface area (Å²) in [6.45, 7) is 1.88. The van der Waals surface area contributed by atoms with Crippen LogP contribution in [0.15, 0.2) is 134 Å². The quantitative estimate of drug-likeness (QED) is 0.0695. The maximum absolute atomic E-state index is 15.2. The maximum atomic E-state index is 15.2. The van der Waals surface area contributed by atoms with Crippen molar-refractivity contribution in [2.75, 3.05) is 0 Å². The van der Waals surface area contributed by atoms with Gasteiger partial charge in [-0.1, -0.05) is 121 Å². The molecule has 4 N–H and O–H groups in total. The second-order valence-electron chi connectivity index (χ2n) is 13.0. The first kappa shape index (κ1) is 36.5. The second-order valence-corrected chi connectivity index (χ2v) is 13.0. The number of nitrogens with zero attached hydrogens (tertiary/aromatic N) is 2. The van der Waals surface area contributed by atoms with Gasteiger partial charge in [-0.2, -0.15) is 0 Å². The SMILES string of the molecule is Cc1nccn1[C@H]1CC[C@@H](C(C(=O)NO[C@](C(=O)O)(C(=O)c2ccccc2)[C@@](O)(C(=O)O)C(=O)c2ccccc2)(c2ccccc2)c2ccccc2)C1. The number of aromatic nitrogens is 2. The van der Waals surface area contributed by atoms with Crippen LogP contribution >= 0.6 is 0 Å². The number of nitrogens with one attached hydrogen (secondary N) is 1. The van der Waals surface area contributed by atoms with Gasteiger partial charge in [0.05, 0.1) is 0 Å². The van der Waals surface area contributed by atoms with Crippen LogP contribution in [0.3, 0.4) is 0 Å². The highest BCUT2D eigenvalue weighted by Gasteiger charge is 2.73. The van der Waals surface area contributed by atoms with Crippen LogP contribution in [0.5, 0.6) is 0 Å². The largest absolute Gasteiger partial charge is 0.479 e. The van der Waals surface area contributed by atoms with E-state index >= 15 is 4.79 Å². The summed E-state index contributed by atoms with van der Waals surface area (Å²) in [6, 6.07) is 30.7. The number of carbonyl (C=O) groups excluding carboxylic acids is 3. The standard InChI is InChI=1S/C41H37N3O9/c1-27-42-24-25-44(27)33-23-22-32(26-33)39(30-18-10-4-11-19-30,31-20-12-5-13-21-31)36(47)43-53-41(38(50)51,35(46)29-16-8-3-9-17-29)40(52,37(48)49)34(45)28-14-6-2-7-15-28/h2-21,24-25,32-33,52H,22-23,26H2,1H3,(H,43,47)(H,48,49)(H,50,51)/t32-,33+,40+,41+/m1/s1. The average Bonchev–Trinajstić information content (AvgIpc) is 3.85. The first-order valence-corrected chi connectivity index (χ1v) is 17.0. The Morgan fingerprint density at radius 1 is 0.717 bits per heavy atom. The molecule has 53 heavy (non-hydrogen) atoms. The van der Waals surface area contributed by atoms with E-state index in [9.17, 15) is 34.5 Å². The lowest BCUT2D eigenvalue weighted by Crippen LogP contribution is -2.74. The Hall–Kier alpha value is -6.24. The first-order valence-electron chi connectivity index (χ1n) is 17.0. The van der Waals surface area contributed by atoms with Crippen molar-refractivity contribution < 1.29 is 44.1 Å². The molecule has 12 heteroatoms. The molecule has 4 aromatic carbocycles.